The number of rotatable bonds is 1. The molecule has 0 atom stereocenters. The van der Waals surface area contributed by atoms with Crippen molar-refractivity contribution in [1.82, 2.24) is 9.78 Å². The highest BCUT2D eigenvalue weighted by Crippen LogP contribution is 2.33. The summed E-state index contributed by atoms with van der Waals surface area (Å²) < 4.78 is 2.15. The van der Waals surface area contributed by atoms with Gasteiger partial charge in [-0.25, -0.2) is 0 Å². The fourth-order valence-corrected chi connectivity index (χ4v) is 1.94. The first-order chi connectivity index (χ1) is 7.00. The number of nitro benzene ring substituents is 1. The minimum Gasteiger partial charge on any atom is -0.381 e. The van der Waals surface area contributed by atoms with Crippen LogP contribution in [0.2, 0.25) is 0 Å². The van der Waals surface area contributed by atoms with Crippen LogP contribution in [0.4, 0.5) is 11.5 Å². The Morgan fingerprint density at radius 3 is 2.87 bits per heavy atom. The van der Waals surface area contributed by atoms with E-state index in [2.05, 4.69) is 21.0 Å². The highest BCUT2D eigenvalue weighted by Gasteiger charge is 2.19. The number of nitrogens with two attached hydrogens (primary N) is 1. The topological polar surface area (TPSA) is 87.0 Å². The van der Waals surface area contributed by atoms with Crippen LogP contribution in [0.1, 0.15) is 0 Å². The van der Waals surface area contributed by atoms with E-state index in [1.165, 1.54) is 10.7 Å². The number of aryl methyl sites for hydroxylation is 1. The van der Waals surface area contributed by atoms with Gasteiger partial charge in [0.15, 0.2) is 5.82 Å². The number of nitrogen functional groups attached to an aromatic ring is 1. The van der Waals surface area contributed by atoms with Crippen LogP contribution in [0.5, 0.6) is 0 Å². The molecule has 2 rings (SSSR count). The molecular weight excluding hydrogens is 264 g/mol. The van der Waals surface area contributed by atoms with Crippen molar-refractivity contribution in [3.05, 3.63) is 26.7 Å². The van der Waals surface area contributed by atoms with E-state index in [0.29, 0.717) is 15.4 Å². The molecule has 0 fully saturated rings. The summed E-state index contributed by atoms with van der Waals surface area (Å²) in [6, 6.07) is 3.16. The summed E-state index contributed by atoms with van der Waals surface area (Å²) in [6.45, 7) is 0. The van der Waals surface area contributed by atoms with Crippen molar-refractivity contribution >= 4 is 38.3 Å². The maximum Gasteiger partial charge on any atom is 0.283 e. The van der Waals surface area contributed by atoms with Gasteiger partial charge in [-0.05, 0) is 6.07 Å². The van der Waals surface area contributed by atoms with Gasteiger partial charge >= 0.3 is 0 Å². The third-order valence-corrected chi connectivity index (χ3v) is 2.58. The highest BCUT2D eigenvalue weighted by molar-refractivity contribution is 9.10. The fourth-order valence-electron chi connectivity index (χ4n) is 1.51. The van der Waals surface area contributed by atoms with Crippen LogP contribution in [0.25, 0.3) is 10.9 Å². The minimum absolute atomic E-state index is 0.0371. The Balaban J connectivity index is 2.96. The van der Waals surface area contributed by atoms with Crippen molar-refractivity contribution < 1.29 is 4.92 Å². The highest BCUT2D eigenvalue weighted by atomic mass is 79.9. The second-order valence-electron chi connectivity index (χ2n) is 3.08. The SMILES string of the molecule is Cn1nc(N)c2c([N+](=O)[O-])cc(Br)cc21. The van der Waals surface area contributed by atoms with Gasteiger partial charge in [0.05, 0.1) is 10.4 Å². The molecule has 1 heterocycles. The number of nitrogens with zero attached hydrogens (tertiary/aromatic N) is 3. The first-order valence-electron chi connectivity index (χ1n) is 4.07. The van der Waals surface area contributed by atoms with E-state index >= 15 is 0 Å². The first kappa shape index (κ1) is 9.91. The van der Waals surface area contributed by atoms with E-state index in [4.69, 9.17) is 5.73 Å². The average Bonchev–Trinajstić information content (AvgIpc) is 2.41. The predicted octanol–water partition coefficient (Wildman–Crippen LogP) is 1.83. The van der Waals surface area contributed by atoms with Crippen LogP contribution in [-0.4, -0.2) is 14.7 Å². The van der Waals surface area contributed by atoms with Gasteiger partial charge in [0.25, 0.3) is 5.69 Å². The molecule has 0 radical (unpaired) electrons. The number of hydrogen-bond donors (Lipinski definition) is 1. The van der Waals surface area contributed by atoms with Gasteiger partial charge in [0.1, 0.15) is 5.39 Å². The van der Waals surface area contributed by atoms with Gasteiger partial charge in [-0.15, -0.1) is 0 Å². The van der Waals surface area contributed by atoms with Crippen molar-refractivity contribution in [2.75, 3.05) is 5.73 Å². The predicted molar refractivity (Wildman–Crippen MR) is 59.5 cm³/mol. The molecule has 0 aliphatic heterocycles. The molecule has 6 nitrogen and oxygen atoms in total. The second kappa shape index (κ2) is 3.20. The van der Waals surface area contributed by atoms with E-state index < -0.39 is 4.92 Å². The van der Waals surface area contributed by atoms with Crippen LogP contribution < -0.4 is 5.73 Å². The third kappa shape index (κ3) is 1.44. The number of fused-ring (bicyclic) bond motifs is 1. The molecule has 0 unspecified atom stereocenters. The molecule has 0 aliphatic carbocycles. The first-order valence-corrected chi connectivity index (χ1v) is 4.86. The number of anilines is 1. The maximum absolute atomic E-state index is 10.8. The fraction of sp³-hybridized carbons (Fsp3) is 0.125. The normalized spacial score (nSPS) is 10.8. The molecule has 7 heteroatoms. The van der Waals surface area contributed by atoms with E-state index in [1.54, 1.807) is 13.1 Å². The summed E-state index contributed by atoms with van der Waals surface area (Å²) in [5, 5.41) is 15.1. The van der Waals surface area contributed by atoms with Gasteiger partial charge in [-0.3, -0.25) is 14.8 Å². The molecule has 1 aromatic carbocycles. The Labute approximate surface area is 92.9 Å². The number of hydrogen-bond acceptors (Lipinski definition) is 4. The van der Waals surface area contributed by atoms with Gasteiger partial charge in [0, 0.05) is 17.6 Å². The Hall–Kier alpha value is -1.63. The van der Waals surface area contributed by atoms with Crippen molar-refractivity contribution in [2.45, 2.75) is 0 Å². The molecule has 1 aromatic heterocycles. The van der Waals surface area contributed by atoms with Crippen LogP contribution in [-0.2, 0) is 7.05 Å². The number of halogens is 1. The Morgan fingerprint density at radius 1 is 1.60 bits per heavy atom. The zero-order valence-corrected chi connectivity index (χ0v) is 9.35. The molecule has 2 N–H and O–H groups in total. The zero-order chi connectivity index (χ0) is 11.2. The number of nitro groups is 1. The van der Waals surface area contributed by atoms with Crippen molar-refractivity contribution in [2.24, 2.45) is 7.05 Å². The molecule has 0 amide bonds. The van der Waals surface area contributed by atoms with Gasteiger partial charge < -0.3 is 5.73 Å². The third-order valence-electron chi connectivity index (χ3n) is 2.12. The average molecular weight is 271 g/mol. The molecule has 0 saturated carbocycles. The smallest absolute Gasteiger partial charge is 0.283 e. The molecule has 0 saturated heterocycles. The molecule has 2 aromatic rings. The Bertz CT molecular complexity index is 563. The zero-order valence-electron chi connectivity index (χ0n) is 7.77. The van der Waals surface area contributed by atoms with Crippen molar-refractivity contribution in [3.8, 4) is 0 Å². The van der Waals surface area contributed by atoms with Crippen LogP contribution >= 0.6 is 15.9 Å². The van der Waals surface area contributed by atoms with Crippen LogP contribution in [0.15, 0.2) is 16.6 Å². The summed E-state index contributed by atoms with van der Waals surface area (Å²) >= 11 is 3.21. The minimum atomic E-state index is -0.467. The lowest BCUT2D eigenvalue weighted by atomic mass is 10.2. The number of aromatic nitrogens is 2. The number of benzene rings is 1. The lowest BCUT2D eigenvalue weighted by Crippen LogP contribution is -1.91. The van der Waals surface area contributed by atoms with Crippen LogP contribution in [0.3, 0.4) is 0 Å². The molecular formula is C8H7BrN4O2. The van der Waals surface area contributed by atoms with Gasteiger partial charge in [0.2, 0.25) is 0 Å². The van der Waals surface area contributed by atoms with E-state index in [1.807, 2.05) is 0 Å². The molecule has 78 valence electrons. The molecule has 0 aliphatic rings. The van der Waals surface area contributed by atoms with E-state index in [-0.39, 0.29) is 11.5 Å². The quantitative estimate of drug-likeness (QED) is 0.633. The van der Waals surface area contributed by atoms with Crippen molar-refractivity contribution in [1.29, 1.82) is 0 Å². The molecule has 0 bridgehead atoms. The van der Waals surface area contributed by atoms with Gasteiger partial charge in [-0.1, -0.05) is 15.9 Å². The van der Waals surface area contributed by atoms with Gasteiger partial charge in [-0.2, -0.15) is 5.10 Å². The second-order valence-corrected chi connectivity index (χ2v) is 4.00. The summed E-state index contributed by atoms with van der Waals surface area (Å²) in [6.07, 6.45) is 0. The summed E-state index contributed by atoms with van der Waals surface area (Å²) in [7, 11) is 1.69. The maximum atomic E-state index is 10.8. The number of non-ortho nitro benzene ring substituents is 1. The van der Waals surface area contributed by atoms with E-state index in [9.17, 15) is 10.1 Å². The lowest BCUT2D eigenvalue weighted by molar-refractivity contribution is -0.383. The van der Waals surface area contributed by atoms with Crippen molar-refractivity contribution in [3.63, 3.8) is 0 Å². The summed E-state index contributed by atoms with van der Waals surface area (Å²) in [5.74, 6) is 0.173. The standard InChI is InChI=1S/C8H7BrN4O2/c1-12-5-2-4(9)3-6(13(14)15)7(5)8(10)11-12/h2-3H,1H3,(H2,10,11). The lowest BCUT2D eigenvalue weighted by Gasteiger charge is -1.97. The largest absolute Gasteiger partial charge is 0.381 e. The summed E-state index contributed by atoms with van der Waals surface area (Å²) in [4.78, 5) is 10.4. The Morgan fingerprint density at radius 2 is 2.27 bits per heavy atom. The molecule has 15 heavy (non-hydrogen) atoms. The monoisotopic (exact) mass is 270 g/mol. The van der Waals surface area contributed by atoms with Crippen LogP contribution in [0, 0.1) is 10.1 Å². The molecule has 0 spiro atoms. The Kier molecular flexibility index (Phi) is 2.11. The van der Waals surface area contributed by atoms with E-state index in [0.717, 1.165) is 0 Å². The summed E-state index contributed by atoms with van der Waals surface area (Å²) in [5.41, 5.74) is 6.21.